The molecule has 1 fully saturated rings. The van der Waals surface area contributed by atoms with Crippen molar-refractivity contribution in [2.45, 2.75) is 6.92 Å². The summed E-state index contributed by atoms with van der Waals surface area (Å²) in [6.45, 7) is 4.03. The predicted octanol–water partition coefficient (Wildman–Crippen LogP) is 2.77. The van der Waals surface area contributed by atoms with Gasteiger partial charge >= 0.3 is 6.09 Å². The number of fused-ring (bicyclic) bond motifs is 1. The molecular weight excluding hydrogens is 408 g/mol. The molecule has 10 heteroatoms. The van der Waals surface area contributed by atoms with Crippen LogP contribution in [0.15, 0.2) is 42.9 Å². The number of aromatic amines is 1. The maximum Gasteiger partial charge on any atom is 0.407 e. The Morgan fingerprint density at radius 3 is 2.59 bits per heavy atom. The van der Waals surface area contributed by atoms with E-state index in [4.69, 9.17) is 5.11 Å². The Labute approximate surface area is 183 Å². The Hall–Kier alpha value is -4.39. The minimum Gasteiger partial charge on any atom is -0.465 e. The fourth-order valence-corrected chi connectivity index (χ4v) is 3.99. The molecular formula is C22H20N8O2. The summed E-state index contributed by atoms with van der Waals surface area (Å²) in [5, 5.41) is 30.4. The lowest BCUT2D eigenvalue weighted by atomic mass is 10.0. The Morgan fingerprint density at radius 1 is 1.16 bits per heavy atom. The number of amides is 1. The van der Waals surface area contributed by atoms with Crippen LogP contribution < -0.4 is 4.90 Å². The molecule has 32 heavy (non-hydrogen) atoms. The monoisotopic (exact) mass is 428 g/mol. The van der Waals surface area contributed by atoms with Crippen molar-refractivity contribution in [3.05, 3.63) is 54.1 Å². The van der Waals surface area contributed by atoms with Crippen molar-refractivity contribution in [2.75, 3.05) is 31.1 Å². The third-order valence-electron chi connectivity index (χ3n) is 5.67. The molecule has 0 unspecified atom stereocenters. The highest BCUT2D eigenvalue weighted by Crippen LogP contribution is 2.32. The van der Waals surface area contributed by atoms with Crippen LogP contribution in [0.4, 0.5) is 10.6 Å². The van der Waals surface area contributed by atoms with E-state index in [0.717, 1.165) is 33.9 Å². The average Bonchev–Trinajstić information content (AvgIpc) is 3.44. The van der Waals surface area contributed by atoms with Crippen molar-refractivity contribution >= 4 is 17.4 Å². The maximum absolute atomic E-state index is 11.1. The molecule has 0 saturated carbocycles. The number of pyridine rings is 2. The molecule has 4 aromatic rings. The number of rotatable bonds is 3. The Balaban J connectivity index is 1.52. The topological polar surface area (TPSA) is 126 Å². The van der Waals surface area contributed by atoms with Gasteiger partial charge in [0, 0.05) is 61.0 Å². The van der Waals surface area contributed by atoms with E-state index in [1.807, 2.05) is 37.4 Å². The standard InChI is InChI=1S/C22H20N8O2/c1-14-8-19(27-26-14)16-9-18(21-17(10-23)12-25-30(21)13-16)15-2-3-20(24-11-15)28-4-6-29(7-5-28)22(31)32/h2-3,8-9,11-13H,4-7H2,1H3,(H,26,27)(H,31,32). The second kappa shape index (κ2) is 7.70. The van der Waals surface area contributed by atoms with Crippen LogP contribution in [0.1, 0.15) is 11.3 Å². The van der Waals surface area contributed by atoms with E-state index < -0.39 is 6.09 Å². The van der Waals surface area contributed by atoms with Crippen LogP contribution in [0.3, 0.4) is 0 Å². The molecule has 1 saturated heterocycles. The van der Waals surface area contributed by atoms with Crippen LogP contribution in [0, 0.1) is 18.3 Å². The van der Waals surface area contributed by atoms with Gasteiger partial charge in [-0.2, -0.15) is 15.5 Å². The number of hydrogen-bond donors (Lipinski definition) is 2. The first-order valence-corrected chi connectivity index (χ1v) is 10.2. The number of nitrogens with one attached hydrogen (secondary N) is 1. The lowest BCUT2D eigenvalue weighted by Crippen LogP contribution is -2.48. The van der Waals surface area contributed by atoms with Crippen molar-refractivity contribution in [1.29, 1.82) is 5.26 Å². The van der Waals surface area contributed by atoms with Gasteiger partial charge in [-0.25, -0.2) is 14.3 Å². The summed E-state index contributed by atoms with van der Waals surface area (Å²) in [6, 6.07) is 10.1. The molecule has 5 rings (SSSR count). The van der Waals surface area contributed by atoms with Gasteiger partial charge in [0.05, 0.1) is 23.0 Å². The van der Waals surface area contributed by atoms with Crippen molar-refractivity contribution in [1.82, 2.24) is 29.7 Å². The van der Waals surface area contributed by atoms with Crippen LogP contribution in [0.5, 0.6) is 0 Å². The Morgan fingerprint density at radius 2 is 1.97 bits per heavy atom. The SMILES string of the molecule is Cc1cc(-c2cc(-c3ccc(N4CCN(C(=O)O)CC4)nc3)c3c(C#N)cnn3c2)n[nH]1. The lowest BCUT2D eigenvalue weighted by Gasteiger charge is -2.33. The molecule has 5 heterocycles. The molecule has 0 aliphatic carbocycles. The molecule has 10 nitrogen and oxygen atoms in total. The van der Waals surface area contributed by atoms with Gasteiger partial charge in [-0.15, -0.1) is 0 Å². The van der Waals surface area contributed by atoms with Crippen LogP contribution in [-0.4, -0.2) is 67.1 Å². The van der Waals surface area contributed by atoms with Gasteiger partial charge in [0.1, 0.15) is 11.9 Å². The van der Waals surface area contributed by atoms with Crippen LogP contribution in [0.25, 0.3) is 27.9 Å². The van der Waals surface area contributed by atoms with Crippen molar-refractivity contribution in [2.24, 2.45) is 0 Å². The summed E-state index contributed by atoms with van der Waals surface area (Å²) < 4.78 is 1.70. The smallest absolute Gasteiger partial charge is 0.407 e. The number of piperazine rings is 1. The van der Waals surface area contributed by atoms with Gasteiger partial charge in [-0.05, 0) is 31.2 Å². The molecule has 0 radical (unpaired) electrons. The van der Waals surface area contributed by atoms with Crippen LogP contribution in [0.2, 0.25) is 0 Å². The average molecular weight is 428 g/mol. The van der Waals surface area contributed by atoms with Crippen LogP contribution >= 0.6 is 0 Å². The highest BCUT2D eigenvalue weighted by Gasteiger charge is 2.21. The molecule has 160 valence electrons. The molecule has 1 amide bonds. The molecule has 0 atom stereocenters. The van der Waals surface area contributed by atoms with Gasteiger partial charge in [0.25, 0.3) is 0 Å². The molecule has 0 spiro atoms. The molecule has 0 aromatic carbocycles. The minimum absolute atomic E-state index is 0.450. The Kier molecular flexibility index (Phi) is 4.71. The van der Waals surface area contributed by atoms with E-state index in [2.05, 4.69) is 31.2 Å². The molecule has 1 aliphatic rings. The summed E-state index contributed by atoms with van der Waals surface area (Å²) in [6.07, 6.45) is 4.31. The number of aryl methyl sites for hydroxylation is 1. The van der Waals surface area contributed by atoms with E-state index >= 15 is 0 Å². The number of carbonyl (C=O) groups is 1. The highest BCUT2D eigenvalue weighted by atomic mass is 16.4. The second-order valence-corrected chi connectivity index (χ2v) is 7.70. The summed E-state index contributed by atoms with van der Waals surface area (Å²) in [5.41, 5.74) is 5.51. The largest absolute Gasteiger partial charge is 0.465 e. The fourth-order valence-electron chi connectivity index (χ4n) is 3.99. The first-order valence-electron chi connectivity index (χ1n) is 10.2. The fraction of sp³-hybridized carbons (Fsp3) is 0.227. The lowest BCUT2D eigenvalue weighted by molar-refractivity contribution is 0.142. The zero-order valence-corrected chi connectivity index (χ0v) is 17.4. The van der Waals surface area contributed by atoms with Crippen molar-refractivity contribution in [3.8, 4) is 28.5 Å². The summed E-state index contributed by atoms with van der Waals surface area (Å²) in [4.78, 5) is 19.2. The van der Waals surface area contributed by atoms with Gasteiger partial charge in [-0.3, -0.25) is 5.10 Å². The minimum atomic E-state index is -0.891. The second-order valence-electron chi connectivity index (χ2n) is 7.70. The number of carboxylic acid groups (broad SMARTS) is 1. The summed E-state index contributed by atoms with van der Waals surface area (Å²) in [5.74, 6) is 0.794. The zero-order valence-electron chi connectivity index (χ0n) is 17.4. The first kappa shape index (κ1) is 19.6. The van der Waals surface area contributed by atoms with Crippen molar-refractivity contribution in [3.63, 3.8) is 0 Å². The predicted molar refractivity (Wildman–Crippen MR) is 117 cm³/mol. The first-order chi connectivity index (χ1) is 15.5. The molecule has 0 bridgehead atoms. The molecule has 4 aromatic heterocycles. The van der Waals surface area contributed by atoms with E-state index in [-0.39, 0.29) is 0 Å². The third-order valence-corrected chi connectivity index (χ3v) is 5.67. The highest BCUT2D eigenvalue weighted by molar-refractivity contribution is 5.87. The van der Waals surface area contributed by atoms with Gasteiger partial charge in [0.2, 0.25) is 0 Å². The van der Waals surface area contributed by atoms with Crippen LogP contribution in [-0.2, 0) is 0 Å². The molecule has 1 aliphatic heterocycles. The van der Waals surface area contributed by atoms with E-state index in [9.17, 15) is 10.1 Å². The maximum atomic E-state index is 11.1. The van der Waals surface area contributed by atoms with E-state index in [1.165, 1.54) is 4.90 Å². The zero-order chi connectivity index (χ0) is 22.2. The number of aromatic nitrogens is 5. The quantitative estimate of drug-likeness (QED) is 0.514. The Bertz CT molecular complexity index is 1340. The number of nitriles is 1. The third kappa shape index (κ3) is 3.39. The number of nitrogens with zero attached hydrogens (tertiary/aromatic N) is 7. The van der Waals surface area contributed by atoms with Gasteiger partial charge in [-0.1, -0.05) is 0 Å². The van der Waals surface area contributed by atoms with Crippen molar-refractivity contribution < 1.29 is 9.90 Å². The number of anilines is 1. The van der Waals surface area contributed by atoms with Gasteiger partial charge < -0.3 is 14.9 Å². The number of H-pyrrole nitrogens is 1. The van der Waals surface area contributed by atoms with E-state index in [1.54, 1.807) is 16.9 Å². The normalized spacial score (nSPS) is 14.0. The van der Waals surface area contributed by atoms with Gasteiger partial charge in [0.15, 0.2) is 0 Å². The van der Waals surface area contributed by atoms with E-state index in [0.29, 0.717) is 37.3 Å². The summed E-state index contributed by atoms with van der Waals surface area (Å²) in [7, 11) is 0. The number of hydrogen-bond acceptors (Lipinski definition) is 6. The summed E-state index contributed by atoms with van der Waals surface area (Å²) >= 11 is 0. The molecule has 2 N–H and O–H groups in total.